The number of rotatable bonds is 6. The molecule has 0 amide bonds. The standard InChI is InChI=1S/C18H22N4O3/c1-25-15-8-16(21-6-2-3-7-21)19-9-13(15)10-22-11-14(18(23)24)17(20-22)12-4-5-12/h8-9,11-12H,2-7,10H2,1H3,(H,23,24). The summed E-state index contributed by atoms with van der Waals surface area (Å²) in [6, 6.07) is 1.96. The topological polar surface area (TPSA) is 80.5 Å². The molecule has 0 atom stereocenters. The van der Waals surface area contributed by atoms with E-state index in [2.05, 4.69) is 15.0 Å². The summed E-state index contributed by atoms with van der Waals surface area (Å²) in [5.41, 5.74) is 1.91. The van der Waals surface area contributed by atoms with Crippen LogP contribution in [-0.4, -0.2) is 46.0 Å². The Morgan fingerprint density at radius 2 is 2.12 bits per heavy atom. The number of nitrogens with zero attached hydrogens (tertiary/aromatic N) is 4. The summed E-state index contributed by atoms with van der Waals surface area (Å²) in [4.78, 5) is 18.3. The van der Waals surface area contributed by atoms with E-state index in [1.165, 1.54) is 12.8 Å². The maximum atomic E-state index is 11.4. The van der Waals surface area contributed by atoms with Crippen LogP contribution < -0.4 is 9.64 Å². The van der Waals surface area contributed by atoms with Gasteiger partial charge in [-0.2, -0.15) is 5.10 Å². The second kappa shape index (κ2) is 6.38. The molecule has 7 heteroatoms. The molecule has 2 aliphatic rings. The van der Waals surface area contributed by atoms with Crippen molar-refractivity contribution in [2.24, 2.45) is 0 Å². The molecule has 1 saturated carbocycles. The first-order valence-electron chi connectivity index (χ1n) is 8.74. The highest BCUT2D eigenvalue weighted by Gasteiger charge is 2.31. The summed E-state index contributed by atoms with van der Waals surface area (Å²) in [6.07, 6.45) is 7.86. The van der Waals surface area contributed by atoms with Crippen molar-refractivity contribution in [3.8, 4) is 5.75 Å². The predicted molar refractivity (Wildman–Crippen MR) is 92.5 cm³/mol. The fourth-order valence-electron chi connectivity index (χ4n) is 3.40. The first-order valence-corrected chi connectivity index (χ1v) is 8.74. The highest BCUT2D eigenvalue weighted by molar-refractivity contribution is 5.89. The van der Waals surface area contributed by atoms with Gasteiger partial charge in [-0.25, -0.2) is 9.78 Å². The number of carboxylic acid groups (broad SMARTS) is 1. The smallest absolute Gasteiger partial charge is 0.339 e. The molecule has 0 aromatic carbocycles. The van der Waals surface area contributed by atoms with Crippen molar-refractivity contribution >= 4 is 11.8 Å². The minimum Gasteiger partial charge on any atom is -0.496 e. The third-order valence-electron chi connectivity index (χ3n) is 4.90. The Morgan fingerprint density at radius 1 is 1.36 bits per heavy atom. The lowest BCUT2D eigenvalue weighted by molar-refractivity contribution is 0.0695. The summed E-state index contributed by atoms with van der Waals surface area (Å²) in [6.45, 7) is 2.51. The minimum absolute atomic E-state index is 0.296. The van der Waals surface area contributed by atoms with Crippen molar-refractivity contribution in [1.29, 1.82) is 0 Å². The number of aromatic carboxylic acids is 1. The Bertz CT molecular complexity index is 792. The van der Waals surface area contributed by atoms with Crippen molar-refractivity contribution in [2.75, 3.05) is 25.1 Å². The quantitative estimate of drug-likeness (QED) is 0.869. The van der Waals surface area contributed by atoms with Crippen LogP contribution in [0.3, 0.4) is 0 Å². The summed E-state index contributed by atoms with van der Waals surface area (Å²) in [5.74, 6) is 1.08. The number of hydrogen-bond donors (Lipinski definition) is 1. The summed E-state index contributed by atoms with van der Waals surface area (Å²) in [7, 11) is 1.65. The zero-order chi connectivity index (χ0) is 17.4. The number of methoxy groups -OCH3 is 1. The average Bonchev–Trinajstić information content (AvgIpc) is 3.14. The molecule has 0 bridgehead atoms. The van der Waals surface area contributed by atoms with Gasteiger partial charge in [0, 0.05) is 43.0 Å². The first-order chi connectivity index (χ1) is 12.2. The summed E-state index contributed by atoms with van der Waals surface area (Å²) >= 11 is 0. The van der Waals surface area contributed by atoms with E-state index in [1.54, 1.807) is 18.0 Å². The maximum Gasteiger partial charge on any atom is 0.339 e. The molecule has 2 aromatic heterocycles. The van der Waals surface area contributed by atoms with Crippen LogP contribution in [0.2, 0.25) is 0 Å². The Kier molecular flexibility index (Phi) is 4.07. The molecule has 1 aliphatic heterocycles. The SMILES string of the molecule is COc1cc(N2CCCC2)ncc1Cn1cc(C(=O)O)c(C2CC2)n1. The molecule has 0 spiro atoms. The van der Waals surface area contributed by atoms with Crippen LogP contribution >= 0.6 is 0 Å². The van der Waals surface area contributed by atoms with E-state index in [9.17, 15) is 9.90 Å². The fourth-order valence-corrected chi connectivity index (χ4v) is 3.40. The van der Waals surface area contributed by atoms with Gasteiger partial charge in [-0.05, 0) is 25.7 Å². The van der Waals surface area contributed by atoms with Gasteiger partial charge in [0.05, 0.1) is 19.3 Å². The lowest BCUT2D eigenvalue weighted by Crippen LogP contribution is -2.19. The van der Waals surface area contributed by atoms with Crippen LogP contribution in [0.25, 0.3) is 0 Å². The highest BCUT2D eigenvalue weighted by atomic mass is 16.5. The van der Waals surface area contributed by atoms with Crippen molar-refractivity contribution in [3.05, 3.63) is 35.3 Å². The van der Waals surface area contributed by atoms with E-state index in [0.29, 0.717) is 23.7 Å². The molecule has 0 unspecified atom stereocenters. The number of ether oxygens (including phenoxy) is 1. The first kappa shape index (κ1) is 15.9. The van der Waals surface area contributed by atoms with Gasteiger partial charge >= 0.3 is 5.97 Å². The third kappa shape index (κ3) is 3.18. The molecule has 0 radical (unpaired) electrons. The van der Waals surface area contributed by atoms with Gasteiger partial charge in [-0.15, -0.1) is 0 Å². The van der Waals surface area contributed by atoms with E-state index in [0.717, 1.165) is 43.1 Å². The van der Waals surface area contributed by atoms with E-state index in [1.807, 2.05) is 12.3 Å². The Morgan fingerprint density at radius 3 is 2.76 bits per heavy atom. The predicted octanol–water partition coefficient (Wildman–Crippen LogP) is 2.51. The zero-order valence-electron chi connectivity index (χ0n) is 14.3. The number of carbonyl (C=O) groups is 1. The second-order valence-electron chi connectivity index (χ2n) is 6.75. The van der Waals surface area contributed by atoms with Crippen molar-refractivity contribution < 1.29 is 14.6 Å². The molecule has 132 valence electrons. The van der Waals surface area contributed by atoms with Gasteiger partial charge in [-0.1, -0.05) is 0 Å². The van der Waals surface area contributed by atoms with E-state index in [4.69, 9.17) is 4.74 Å². The van der Waals surface area contributed by atoms with Crippen LogP contribution in [0.1, 0.15) is 53.2 Å². The molecule has 1 aliphatic carbocycles. The molecule has 2 fully saturated rings. The number of hydrogen-bond acceptors (Lipinski definition) is 5. The number of anilines is 1. The number of pyridine rings is 1. The van der Waals surface area contributed by atoms with Gasteiger partial charge in [-0.3, -0.25) is 4.68 Å². The molecule has 1 N–H and O–H groups in total. The van der Waals surface area contributed by atoms with Crippen LogP contribution in [0.5, 0.6) is 5.75 Å². The van der Waals surface area contributed by atoms with Gasteiger partial charge in [0.1, 0.15) is 17.1 Å². The van der Waals surface area contributed by atoms with Crippen LogP contribution in [0.4, 0.5) is 5.82 Å². The molecule has 25 heavy (non-hydrogen) atoms. The Hall–Kier alpha value is -2.57. The number of carboxylic acids is 1. The molecule has 7 nitrogen and oxygen atoms in total. The van der Waals surface area contributed by atoms with Crippen molar-refractivity contribution in [3.63, 3.8) is 0 Å². The molecule has 1 saturated heterocycles. The van der Waals surface area contributed by atoms with E-state index in [-0.39, 0.29) is 0 Å². The second-order valence-corrected chi connectivity index (χ2v) is 6.75. The molecular weight excluding hydrogens is 320 g/mol. The molecular formula is C18H22N4O3. The molecule has 4 rings (SSSR count). The Balaban J connectivity index is 1.59. The van der Waals surface area contributed by atoms with Crippen molar-refractivity contribution in [1.82, 2.24) is 14.8 Å². The van der Waals surface area contributed by atoms with Crippen LogP contribution in [-0.2, 0) is 6.54 Å². The van der Waals surface area contributed by atoms with Crippen molar-refractivity contribution in [2.45, 2.75) is 38.1 Å². The molecule has 2 aromatic rings. The Labute approximate surface area is 146 Å². The highest BCUT2D eigenvalue weighted by Crippen LogP contribution is 2.40. The van der Waals surface area contributed by atoms with Gasteiger partial charge in [0.25, 0.3) is 0 Å². The largest absolute Gasteiger partial charge is 0.496 e. The third-order valence-corrected chi connectivity index (χ3v) is 4.90. The van der Waals surface area contributed by atoms with E-state index >= 15 is 0 Å². The average molecular weight is 342 g/mol. The lowest BCUT2D eigenvalue weighted by Gasteiger charge is -2.18. The number of aromatic nitrogens is 3. The zero-order valence-corrected chi connectivity index (χ0v) is 14.3. The summed E-state index contributed by atoms with van der Waals surface area (Å²) in [5, 5.41) is 13.9. The fraction of sp³-hybridized carbons (Fsp3) is 0.500. The van der Waals surface area contributed by atoms with Gasteiger partial charge < -0.3 is 14.7 Å². The lowest BCUT2D eigenvalue weighted by atomic mass is 10.2. The van der Waals surface area contributed by atoms with Crippen LogP contribution in [0.15, 0.2) is 18.5 Å². The molecule has 3 heterocycles. The van der Waals surface area contributed by atoms with Gasteiger partial charge in [0.15, 0.2) is 0 Å². The van der Waals surface area contributed by atoms with Crippen LogP contribution in [0, 0.1) is 0 Å². The van der Waals surface area contributed by atoms with Gasteiger partial charge in [0.2, 0.25) is 0 Å². The van der Waals surface area contributed by atoms with E-state index < -0.39 is 5.97 Å². The normalized spacial score (nSPS) is 17.1. The monoisotopic (exact) mass is 342 g/mol. The minimum atomic E-state index is -0.914. The maximum absolute atomic E-state index is 11.4. The summed E-state index contributed by atoms with van der Waals surface area (Å²) < 4.78 is 7.22.